The maximum atomic E-state index is 8.55. The Bertz CT molecular complexity index is 485. The van der Waals surface area contributed by atoms with E-state index < -0.39 is 0 Å². The molecule has 0 atom stereocenters. The van der Waals surface area contributed by atoms with Gasteiger partial charge < -0.3 is 0 Å². The van der Waals surface area contributed by atoms with Crippen LogP contribution < -0.4 is 0 Å². The summed E-state index contributed by atoms with van der Waals surface area (Å²) in [4.78, 5) is 9.25. The van der Waals surface area contributed by atoms with Gasteiger partial charge in [-0.15, -0.1) is 5.10 Å². The Kier molecular flexibility index (Phi) is 2.02. The fraction of sp³-hybridized carbons (Fsp3) is 0.250. The van der Waals surface area contributed by atoms with Crippen molar-refractivity contribution in [2.24, 2.45) is 0 Å². The third kappa shape index (κ3) is 1.38. The molecule has 2 aromatic heterocycles. The quantitative estimate of drug-likeness (QED) is 0.701. The molecule has 2 heterocycles. The molecule has 2 rings (SSSR count). The van der Waals surface area contributed by atoms with E-state index >= 15 is 0 Å². The van der Waals surface area contributed by atoms with Gasteiger partial charge in [0.1, 0.15) is 12.4 Å². The van der Waals surface area contributed by atoms with Crippen molar-refractivity contribution in [2.45, 2.75) is 13.8 Å². The van der Waals surface area contributed by atoms with Gasteiger partial charge in [0.2, 0.25) is 5.13 Å². The molecule has 2 aromatic rings. The molecule has 5 nitrogen and oxygen atoms in total. The lowest BCUT2D eigenvalue weighted by Crippen LogP contribution is -1.93. The Morgan fingerprint density at radius 1 is 1.50 bits per heavy atom. The van der Waals surface area contributed by atoms with E-state index in [9.17, 15) is 0 Å². The van der Waals surface area contributed by atoms with Crippen LogP contribution in [0.15, 0.2) is 6.33 Å². The van der Waals surface area contributed by atoms with E-state index in [-0.39, 0.29) is 5.82 Å². The molecular weight excluding hydrogens is 198 g/mol. The molecule has 0 fully saturated rings. The van der Waals surface area contributed by atoms with Crippen molar-refractivity contribution >= 4 is 11.3 Å². The third-order valence-electron chi connectivity index (χ3n) is 1.81. The Morgan fingerprint density at radius 3 is 2.79 bits per heavy atom. The summed E-state index contributed by atoms with van der Waals surface area (Å²) in [6.45, 7) is 3.94. The van der Waals surface area contributed by atoms with E-state index in [4.69, 9.17) is 5.26 Å². The number of aryl methyl sites for hydroxylation is 2. The summed E-state index contributed by atoms with van der Waals surface area (Å²) in [5.74, 6) is 0.163. The Morgan fingerprint density at radius 2 is 2.29 bits per heavy atom. The van der Waals surface area contributed by atoms with Gasteiger partial charge >= 0.3 is 0 Å². The maximum Gasteiger partial charge on any atom is 0.252 e. The van der Waals surface area contributed by atoms with Gasteiger partial charge in [0.05, 0.1) is 5.69 Å². The number of nitrogens with zero attached hydrogens (tertiary/aromatic N) is 5. The zero-order chi connectivity index (χ0) is 10.1. The predicted octanol–water partition coefficient (Wildman–Crippen LogP) is 1.21. The second-order valence-corrected chi connectivity index (χ2v) is 3.94. The standard InChI is InChI=1S/C8H7N5S/c1-5-6(2)14-8(11-5)13-4-10-7(3-9)12-13/h4H,1-2H3. The van der Waals surface area contributed by atoms with Crippen LogP contribution in [0.25, 0.3) is 5.13 Å². The summed E-state index contributed by atoms with van der Waals surface area (Å²) in [5.41, 5.74) is 0.985. The van der Waals surface area contributed by atoms with Gasteiger partial charge in [0.25, 0.3) is 5.82 Å². The molecule has 6 heteroatoms. The van der Waals surface area contributed by atoms with Crippen LogP contribution in [0.3, 0.4) is 0 Å². The Labute approximate surface area is 84.7 Å². The molecule has 0 radical (unpaired) electrons. The predicted molar refractivity (Wildman–Crippen MR) is 51.2 cm³/mol. The van der Waals surface area contributed by atoms with Gasteiger partial charge in [-0.05, 0) is 13.8 Å². The van der Waals surface area contributed by atoms with E-state index in [1.54, 1.807) is 0 Å². The van der Waals surface area contributed by atoms with Crippen molar-refractivity contribution in [3.8, 4) is 11.2 Å². The summed E-state index contributed by atoms with van der Waals surface area (Å²) in [7, 11) is 0. The number of nitriles is 1. The van der Waals surface area contributed by atoms with Gasteiger partial charge in [-0.25, -0.2) is 9.97 Å². The number of hydrogen-bond acceptors (Lipinski definition) is 5. The molecule has 0 bridgehead atoms. The minimum Gasteiger partial charge on any atom is -0.223 e. The highest BCUT2D eigenvalue weighted by Gasteiger charge is 2.07. The highest BCUT2D eigenvalue weighted by atomic mass is 32.1. The number of rotatable bonds is 1. The molecule has 0 unspecified atom stereocenters. The molecule has 70 valence electrons. The smallest absolute Gasteiger partial charge is 0.223 e. The fourth-order valence-electron chi connectivity index (χ4n) is 0.960. The second kappa shape index (κ2) is 3.20. The second-order valence-electron chi connectivity index (χ2n) is 2.76. The first-order valence-electron chi connectivity index (χ1n) is 3.97. The largest absolute Gasteiger partial charge is 0.252 e. The molecule has 0 saturated carbocycles. The maximum absolute atomic E-state index is 8.55. The van der Waals surface area contributed by atoms with Crippen molar-refractivity contribution in [3.05, 3.63) is 22.7 Å². The van der Waals surface area contributed by atoms with Crippen LogP contribution in [0, 0.1) is 25.2 Å². The van der Waals surface area contributed by atoms with E-state index in [1.165, 1.54) is 22.3 Å². The SMILES string of the molecule is Cc1nc(-n2cnc(C#N)n2)sc1C. The molecule has 0 aliphatic carbocycles. The van der Waals surface area contributed by atoms with E-state index in [1.807, 2.05) is 19.9 Å². The van der Waals surface area contributed by atoms with Crippen LogP contribution in [-0.2, 0) is 0 Å². The van der Waals surface area contributed by atoms with Gasteiger partial charge in [0.15, 0.2) is 0 Å². The normalized spacial score (nSPS) is 10.1. The van der Waals surface area contributed by atoms with Gasteiger partial charge in [-0.2, -0.15) is 9.94 Å². The monoisotopic (exact) mass is 205 g/mol. The average Bonchev–Trinajstić information content (AvgIpc) is 2.74. The fourth-order valence-corrected chi connectivity index (χ4v) is 1.79. The van der Waals surface area contributed by atoms with Gasteiger partial charge in [0, 0.05) is 4.88 Å². The Hall–Kier alpha value is -1.74. The number of hydrogen-bond donors (Lipinski definition) is 0. The lowest BCUT2D eigenvalue weighted by Gasteiger charge is -1.89. The van der Waals surface area contributed by atoms with Gasteiger partial charge in [-0.1, -0.05) is 11.3 Å². The topological polar surface area (TPSA) is 67.4 Å². The minimum absolute atomic E-state index is 0.163. The first-order chi connectivity index (χ1) is 6.70. The minimum atomic E-state index is 0.163. The molecule has 0 aliphatic heterocycles. The van der Waals surface area contributed by atoms with Crippen molar-refractivity contribution < 1.29 is 0 Å². The number of aromatic nitrogens is 4. The lowest BCUT2D eigenvalue weighted by molar-refractivity contribution is 0.858. The Balaban J connectivity index is 2.45. The van der Waals surface area contributed by atoms with Crippen molar-refractivity contribution in [1.29, 1.82) is 5.26 Å². The van der Waals surface area contributed by atoms with Crippen molar-refractivity contribution in [3.63, 3.8) is 0 Å². The molecule has 0 spiro atoms. The molecule has 0 N–H and O–H groups in total. The van der Waals surface area contributed by atoms with E-state index in [0.717, 1.165) is 15.7 Å². The van der Waals surface area contributed by atoms with Crippen molar-refractivity contribution in [2.75, 3.05) is 0 Å². The molecule has 0 aromatic carbocycles. The molecule has 14 heavy (non-hydrogen) atoms. The van der Waals surface area contributed by atoms with Crippen LogP contribution in [0.1, 0.15) is 16.4 Å². The zero-order valence-corrected chi connectivity index (χ0v) is 8.54. The van der Waals surface area contributed by atoms with Crippen LogP contribution in [-0.4, -0.2) is 19.7 Å². The molecular formula is C8H7N5S. The van der Waals surface area contributed by atoms with Crippen LogP contribution in [0.2, 0.25) is 0 Å². The third-order valence-corrected chi connectivity index (χ3v) is 2.87. The average molecular weight is 205 g/mol. The molecule has 0 amide bonds. The van der Waals surface area contributed by atoms with Crippen molar-refractivity contribution in [1.82, 2.24) is 19.7 Å². The highest BCUT2D eigenvalue weighted by Crippen LogP contribution is 2.19. The van der Waals surface area contributed by atoms with Crippen LogP contribution >= 0.6 is 11.3 Å². The molecule has 0 saturated heterocycles. The van der Waals surface area contributed by atoms with E-state index in [0.29, 0.717) is 0 Å². The summed E-state index contributed by atoms with van der Waals surface area (Å²) >= 11 is 1.53. The summed E-state index contributed by atoms with van der Waals surface area (Å²) in [6.07, 6.45) is 1.50. The first kappa shape index (κ1) is 8.84. The molecule has 0 aliphatic rings. The highest BCUT2D eigenvalue weighted by molar-refractivity contribution is 7.14. The summed E-state index contributed by atoms with van der Waals surface area (Å²) < 4.78 is 1.52. The van der Waals surface area contributed by atoms with Gasteiger partial charge in [-0.3, -0.25) is 0 Å². The van der Waals surface area contributed by atoms with Crippen LogP contribution in [0.5, 0.6) is 0 Å². The summed E-state index contributed by atoms with van der Waals surface area (Å²) in [6, 6.07) is 1.87. The summed E-state index contributed by atoms with van der Waals surface area (Å²) in [5, 5.41) is 13.2. The lowest BCUT2D eigenvalue weighted by atomic mass is 10.4. The zero-order valence-electron chi connectivity index (χ0n) is 7.72. The first-order valence-corrected chi connectivity index (χ1v) is 4.78. The number of thiazole rings is 1. The van der Waals surface area contributed by atoms with Crippen LogP contribution in [0.4, 0.5) is 0 Å². The van der Waals surface area contributed by atoms with E-state index in [2.05, 4.69) is 15.1 Å².